The van der Waals surface area contributed by atoms with Crippen molar-refractivity contribution in [3.63, 3.8) is 0 Å². The molecule has 0 aliphatic heterocycles. The Balaban J connectivity index is 1.93. The van der Waals surface area contributed by atoms with Crippen molar-refractivity contribution in [3.05, 3.63) is 16.9 Å². The van der Waals surface area contributed by atoms with Crippen LogP contribution in [0, 0.1) is 5.92 Å². The number of hydrogen-bond acceptors (Lipinski definition) is 2. The first kappa shape index (κ1) is 12.9. The van der Waals surface area contributed by atoms with Crippen LogP contribution in [0.25, 0.3) is 0 Å². The smallest absolute Gasteiger partial charge is 0.0971 e. The van der Waals surface area contributed by atoms with Gasteiger partial charge in [-0.15, -0.1) is 0 Å². The molecule has 1 saturated carbocycles. The number of aromatic nitrogens is 2. The molecule has 1 unspecified atom stereocenters. The number of aliphatic hydroxyl groups excluding tert-OH is 1. The summed E-state index contributed by atoms with van der Waals surface area (Å²) in [5.74, 6) is 0.807. The average molecular weight is 257 g/mol. The molecule has 3 nitrogen and oxygen atoms in total. The number of rotatable bonds is 5. The van der Waals surface area contributed by atoms with Crippen molar-refractivity contribution in [2.24, 2.45) is 5.92 Å². The molecule has 1 aromatic heterocycles. The van der Waals surface area contributed by atoms with E-state index in [1.54, 1.807) is 10.9 Å². The lowest BCUT2D eigenvalue weighted by Crippen LogP contribution is -2.09. The molecule has 0 radical (unpaired) electrons. The molecule has 4 heteroatoms. The molecule has 0 spiro atoms. The van der Waals surface area contributed by atoms with Gasteiger partial charge >= 0.3 is 0 Å². The van der Waals surface area contributed by atoms with Gasteiger partial charge in [0.1, 0.15) is 0 Å². The normalized spacial score (nSPS) is 18.8. The second kappa shape index (κ2) is 5.87. The molecular weight excluding hydrogens is 236 g/mol. The molecule has 0 bridgehead atoms. The summed E-state index contributed by atoms with van der Waals surface area (Å²) in [7, 11) is 0. The van der Waals surface area contributed by atoms with Crippen molar-refractivity contribution in [1.29, 1.82) is 0 Å². The zero-order valence-corrected chi connectivity index (χ0v) is 11.2. The fourth-order valence-electron chi connectivity index (χ4n) is 2.78. The number of aliphatic hydroxyl groups is 1. The SMILES string of the molecule is CCn1ncc(Cl)c1C(O)CCC1CCCC1. The van der Waals surface area contributed by atoms with Crippen LogP contribution in [0.4, 0.5) is 0 Å². The number of aryl methyl sites for hydroxylation is 1. The van der Waals surface area contributed by atoms with Crippen LogP contribution in [0.1, 0.15) is 57.2 Å². The first-order chi connectivity index (χ1) is 8.22. The van der Waals surface area contributed by atoms with E-state index in [1.807, 2.05) is 6.92 Å². The molecule has 0 saturated heterocycles. The Morgan fingerprint density at radius 1 is 1.53 bits per heavy atom. The first-order valence-corrected chi connectivity index (χ1v) is 6.99. The standard InChI is InChI=1S/C13H21ClN2O/c1-2-16-13(11(14)9-15-16)12(17)8-7-10-5-3-4-6-10/h9-10,12,17H,2-8H2,1H3. The summed E-state index contributed by atoms with van der Waals surface area (Å²) >= 11 is 6.07. The van der Waals surface area contributed by atoms with E-state index in [9.17, 15) is 5.11 Å². The Morgan fingerprint density at radius 3 is 2.88 bits per heavy atom. The van der Waals surface area contributed by atoms with E-state index >= 15 is 0 Å². The van der Waals surface area contributed by atoms with E-state index in [2.05, 4.69) is 5.10 Å². The quantitative estimate of drug-likeness (QED) is 0.875. The van der Waals surface area contributed by atoms with Crippen LogP contribution in [-0.4, -0.2) is 14.9 Å². The minimum Gasteiger partial charge on any atom is -0.387 e. The maximum atomic E-state index is 10.2. The average Bonchev–Trinajstić information content (AvgIpc) is 2.94. The molecule has 2 rings (SSSR count). The fraction of sp³-hybridized carbons (Fsp3) is 0.769. The Bertz CT molecular complexity index is 358. The number of halogens is 1. The minimum atomic E-state index is -0.467. The molecule has 17 heavy (non-hydrogen) atoms. The summed E-state index contributed by atoms with van der Waals surface area (Å²) in [5.41, 5.74) is 0.784. The topological polar surface area (TPSA) is 38.0 Å². The van der Waals surface area contributed by atoms with Crippen molar-refractivity contribution in [3.8, 4) is 0 Å². The minimum absolute atomic E-state index is 0.467. The molecule has 1 atom stereocenters. The molecule has 96 valence electrons. The largest absolute Gasteiger partial charge is 0.387 e. The van der Waals surface area contributed by atoms with Gasteiger partial charge in [-0.3, -0.25) is 4.68 Å². The highest BCUT2D eigenvalue weighted by molar-refractivity contribution is 6.31. The van der Waals surface area contributed by atoms with E-state index in [-0.39, 0.29) is 0 Å². The predicted octanol–water partition coefficient (Wildman–Crippen LogP) is 3.56. The van der Waals surface area contributed by atoms with Crippen LogP contribution < -0.4 is 0 Å². The second-order valence-corrected chi connectivity index (χ2v) is 5.34. The van der Waals surface area contributed by atoms with Crippen molar-refractivity contribution in [1.82, 2.24) is 9.78 Å². The third kappa shape index (κ3) is 3.02. The summed E-state index contributed by atoms with van der Waals surface area (Å²) in [6.07, 6.45) is 8.43. The lowest BCUT2D eigenvalue weighted by molar-refractivity contribution is 0.147. The van der Waals surface area contributed by atoms with Gasteiger partial charge in [-0.1, -0.05) is 37.3 Å². The van der Waals surface area contributed by atoms with Crippen LogP contribution in [0.15, 0.2) is 6.20 Å². The summed E-state index contributed by atoms with van der Waals surface area (Å²) < 4.78 is 1.79. The van der Waals surface area contributed by atoms with Gasteiger partial charge in [-0.05, 0) is 25.7 Å². The van der Waals surface area contributed by atoms with Gasteiger partial charge in [0.05, 0.1) is 23.0 Å². The molecular formula is C13H21ClN2O. The third-order valence-electron chi connectivity index (χ3n) is 3.77. The maximum Gasteiger partial charge on any atom is 0.0971 e. The first-order valence-electron chi connectivity index (χ1n) is 6.61. The van der Waals surface area contributed by atoms with E-state index < -0.39 is 6.10 Å². The Kier molecular flexibility index (Phi) is 4.46. The van der Waals surface area contributed by atoms with Crippen molar-refractivity contribution in [2.75, 3.05) is 0 Å². The Morgan fingerprint density at radius 2 is 2.24 bits per heavy atom. The monoisotopic (exact) mass is 256 g/mol. The summed E-state index contributed by atoms with van der Waals surface area (Å²) in [6.45, 7) is 2.76. The van der Waals surface area contributed by atoms with E-state index in [0.717, 1.165) is 31.0 Å². The van der Waals surface area contributed by atoms with Crippen molar-refractivity contribution >= 4 is 11.6 Å². The highest BCUT2D eigenvalue weighted by Gasteiger charge is 2.21. The van der Waals surface area contributed by atoms with Crippen LogP contribution >= 0.6 is 11.6 Å². The molecule has 0 aromatic carbocycles. The predicted molar refractivity (Wildman–Crippen MR) is 69.1 cm³/mol. The summed E-state index contributed by atoms with van der Waals surface area (Å²) in [4.78, 5) is 0. The molecule has 1 heterocycles. The highest BCUT2D eigenvalue weighted by atomic mass is 35.5. The zero-order chi connectivity index (χ0) is 12.3. The molecule has 1 fully saturated rings. The maximum absolute atomic E-state index is 10.2. The molecule has 1 aromatic rings. The van der Waals surface area contributed by atoms with E-state index in [0.29, 0.717) is 5.02 Å². The summed E-state index contributed by atoms with van der Waals surface area (Å²) in [6, 6.07) is 0. The van der Waals surface area contributed by atoms with Gasteiger partial charge < -0.3 is 5.11 Å². The Hall–Kier alpha value is -0.540. The Labute approximate surface area is 108 Å². The number of hydrogen-bond donors (Lipinski definition) is 1. The fourth-order valence-corrected chi connectivity index (χ4v) is 3.05. The molecule has 1 aliphatic rings. The third-order valence-corrected chi connectivity index (χ3v) is 4.06. The molecule has 1 N–H and O–H groups in total. The van der Waals surface area contributed by atoms with Gasteiger partial charge in [0.15, 0.2) is 0 Å². The van der Waals surface area contributed by atoms with E-state index in [4.69, 9.17) is 11.6 Å². The van der Waals surface area contributed by atoms with Gasteiger partial charge in [-0.25, -0.2) is 0 Å². The highest BCUT2D eigenvalue weighted by Crippen LogP contribution is 2.33. The van der Waals surface area contributed by atoms with Gasteiger partial charge in [0.2, 0.25) is 0 Å². The van der Waals surface area contributed by atoms with Crippen molar-refractivity contribution < 1.29 is 5.11 Å². The zero-order valence-electron chi connectivity index (χ0n) is 10.4. The number of nitrogens with zero attached hydrogens (tertiary/aromatic N) is 2. The summed E-state index contributed by atoms with van der Waals surface area (Å²) in [5, 5.41) is 15.0. The van der Waals surface area contributed by atoms with Crippen molar-refractivity contribution in [2.45, 2.75) is 58.1 Å². The van der Waals surface area contributed by atoms with Gasteiger partial charge in [-0.2, -0.15) is 5.10 Å². The molecule has 0 amide bonds. The lowest BCUT2D eigenvalue weighted by Gasteiger charge is -2.15. The van der Waals surface area contributed by atoms with E-state index in [1.165, 1.54) is 25.7 Å². The van der Waals surface area contributed by atoms with Gasteiger partial charge in [0.25, 0.3) is 0 Å². The second-order valence-electron chi connectivity index (χ2n) is 4.94. The molecule has 1 aliphatic carbocycles. The van der Waals surface area contributed by atoms with Crippen LogP contribution in [0.3, 0.4) is 0 Å². The van der Waals surface area contributed by atoms with Gasteiger partial charge in [0, 0.05) is 6.54 Å². The van der Waals surface area contributed by atoms with Crippen LogP contribution in [-0.2, 0) is 6.54 Å². The lowest BCUT2D eigenvalue weighted by atomic mass is 9.98. The van der Waals surface area contributed by atoms with Crippen LogP contribution in [0.2, 0.25) is 5.02 Å². The van der Waals surface area contributed by atoms with Crippen LogP contribution in [0.5, 0.6) is 0 Å².